The second kappa shape index (κ2) is 67.5. The van der Waals surface area contributed by atoms with Crippen LogP contribution in [0.2, 0.25) is 0 Å². The zero-order valence-corrected chi connectivity index (χ0v) is 64.6. The summed E-state index contributed by atoms with van der Waals surface area (Å²) in [6, 6.07) is 0. The van der Waals surface area contributed by atoms with Gasteiger partial charge in [0.05, 0.1) is 26.4 Å². The third kappa shape index (κ3) is 70.5. The minimum atomic E-state index is -4.96. The number of esters is 4. The van der Waals surface area contributed by atoms with Crippen molar-refractivity contribution in [3.8, 4) is 0 Å². The molecule has 0 aromatic carbocycles. The summed E-state index contributed by atoms with van der Waals surface area (Å²) in [5.74, 6) is 0.211. The van der Waals surface area contributed by atoms with E-state index in [1.54, 1.807) is 0 Å². The average molecular weight is 1410 g/mol. The van der Waals surface area contributed by atoms with Crippen LogP contribution < -0.4 is 0 Å². The maximum absolute atomic E-state index is 13.1. The number of phosphoric ester groups is 2. The van der Waals surface area contributed by atoms with Crippen LogP contribution in [0.4, 0.5) is 0 Å². The molecule has 0 amide bonds. The summed E-state index contributed by atoms with van der Waals surface area (Å²) < 4.78 is 68.6. The lowest BCUT2D eigenvalue weighted by Gasteiger charge is -2.21. The Labute approximate surface area is 588 Å². The van der Waals surface area contributed by atoms with Crippen molar-refractivity contribution in [2.45, 2.75) is 414 Å². The summed E-state index contributed by atoms with van der Waals surface area (Å²) in [6.07, 6.45) is 54.0. The van der Waals surface area contributed by atoms with Crippen molar-refractivity contribution in [2.75, 3.05) is 39.6 Å². The first-order chi connectivity index (χ1) is 46.2. The summed E-state index contributed by atoms with van der Waals surface area (Å²) in [5, 5.41) is 10.6. The minimum absolute atomic E-state index is 0.106. The second-order valence-corrected chi connectivity index (χ2v) is 32.1. The van der Waals surface area contributed by atoms with Gasteiger partial charge >= 0.3 is 39.5 Å². The molecule has 0 bridgehead atoms. The minimum Gasteiger partial charge on any atom is -0.462 e. The van der Waals surface area contributed by atoms with Crippen molar-refractivity contribution in [2.24, 2.45) is 17.8 Å². The van der Waals surface area contributed by atoms with Crippen LogP contribution >= 0.6 is 15.6 Å². The summed E-state index contributed by atoms with van der Waals surface area (Å²) in [7, 11) is -9.91. The summed E-state index contributed by atoms with van der Waals surface area (Å²) in [4.78, 5) is 72.9. The first-order valence-electron chi connectivity index (χ1n) is 39.8. The molecule has 0 rings (SSSR count). The van der Waals surface area contributed by atoms with Gasteiger partial charge < -0.3 is 33.8 Å². The van der Waals surface area contributed by atoms with E-state index in [4.69, 9.17) is 37.0 Å². The molecule has 3 N–H and O–H groups in total. The van der Waals surface area contributed by atoms with Gasteiger partial charge in [0.1, 0.15) is 19.3 Å². The number of carbonyl (C=O) groups is 4. The Bertz CT molecular complexity index is 1870. The Kier molecular flexibility index (Phi) is 66.2. The quantitative estimate of drug-likeness (QED) is 0.0222. The van der Waals surface area contributed by atoms with Crippen molar-refractivity contribution < 1.29 is 80.2 Å². The molecule has 0 saturated heterocycles. The molecule has 0 aromatic heterocycles. The highest BCUT2D eigenvalue weighted by Crippen LogP contribution is 2.45. The summed E-state index contributed by atoms with van der Waals surface area (Å²) >= 11 is 0. The molecule has 17 nitrogen and oxygen atoms in total. The van der Waals surface area contributed by atoms with Crippen molar-refractivity contribution >= 4 is 39.5 Å². The molecular weight excluding hydrogens is 1260 g/mol. The number of hydrogen-bond acceptors (Lipinski definition) is 15. The van der Waals surface area contributed by atoms with Crippen LogP contribution in [0.25, 0.3) is 0 Å². The van der Waals surface area contributed by atoms with E-state index in [0.29, 0.717) is 25.7 Å². The Balaban J connectivity index is 5.25. The standard InChI is InChI=1S/C77H150O17P2/c1-8-9-10-11-12-13-20-30-37-44-51-58-74(79)87-64-73(94-77(82)61-54-47-40-33-26-25-29-36-43-50-57-70(6)7)67-92-96(85,86)90-63-71(78)62-89-95(83,84)91-66-72(65-88-75(80)59-52-45-38-31-24-19-22-28-35-42-49-56-69(4)5)93-76(81)60-53-46-39-32-23-18-16-14-15-17-21-27-34-41-48-55-68(2)3/h68-73,78H,8-67H2,1-7H3,(H,83,84)(H,85,86)/t71-,72-,73-/m1/s1. The third-order valence-electron chi connectivity index (χ3n) is 17.9. The molecule has 5 atom stereocenters. The first-order valence-corrected chi connectivity index (χ1v) is 42.8. The van der Waals surface area contributed by atoms with Gasteiger partial charge in [-0.3, -0.25) is 37.3 Å². The van der Waals surface area contributed by atoms with Gasteiger partial charge in [0.2, 0.25) is 0 Å². The lowest BCUT2D eigenvalue weighted by atomic mass is 10.0. The van der Waals surface area contributed by atoms with Gasteiger partial charge in [0.15, 0.2) is 12.2 Å². The molecule has 0 aromatic rings. The van der Waals surface area contributed by atoms with Crippen LogP contribution in [0.3, 0.4) is 0 Å². The molecule has 0 radical (unpaired) electrons. The number of rotatable bonds is 75. The smallest absolute Gasteiger partial charge is 0.462 e. The molecular formula is C77H150O17P2. The number of aliphatic hydroxyl groups is 1. The Hall–Kier alpha value is -1.94. The number of carbonyl (C=O) groups excluding carboxylic acids is 4. The topological polar surface area (TPSA) is 237 Å². The Morgan fingerprint density at radius 3 is 0.708 bits per heavy atom. The van der Waals surface area contributed by atoms with Crippen LogP contribution in [0.5, 0.6) is 0 Å². The molecule has 570 valence electrons. The molecule has 0 aliphatic heterocycles. The average Bonchev–Trinajstić information content (AvgIpc) is 1.22. The number of phosphoric acid groups is 2. The van der Waals surface area contributed by atoms with Gasteiger partial charge in [-0.1, -0.05) is 344 Å². The molecule has 0 aliphatic carbocycles. The SMILES string of the molecule is CCCCCCCCCCCCCC(=O)OC[C@H](COP(=O)(O)OC[C@H](O)COP(=O)(O)OC[C@@H](COC(=O)CCCCCCCCCCCCCC(C)C)OC(=O)CCCCCCCCCCCCCCCCCC(C)C)OC(=O)CCCCCCCCCCCCC(C)C. The monoisotopic (exact) mass is 1410 g/mol. The highest BCUT2D eigenvalue weighted by molar-refractivity contribution is 7.47. The van der Waals surface area contributed by atoms with Gasteiger partial charge in [-0.2, -0.15) is 0 Å². The fourth-order valence-corrected chi connectivity index (χ4v) is 13.4. The van der Waals surface area contributed by atoms with E-state index in [2.05, 4.69) is 48.5 Å². The molecule has 0 heterocycles. The molecule has 0 fully saturated rings. The highest BCUT2D eigenvalue weighted by atomic mass is 31.2. The third-order valence-corrected chi connectivity index (χ3v) is 19.8. The molecule has 2 unspecified atom stereocenters. The molecule has 96 heavy (non-hydrogen) atoms. The molecule has 0 saturated carbocycles. The van der Waals surface area contributed by atoms with Gasteiger partial charge in [0, 0.05) is 25.7 Å². The molecule has 0 spiro atoms. The van der Waals surface area contributed by atoms with E-state index in [0.717, 1.165) is 108 Å². The predicted molar refractivity (Wildman–Crippen MR) is 391 cm³/mol. The van der Waals surface area contributed by atoms with Crippen molar-refractivity contribution in [1.82, 2.24) is 0 Å². The summed E-state index contributed by atoms with van der Waals surface area (Å²) in [6.45, 7) is 11.9. The number of ether oxygens (including phenoxy) is 4. The number of hydrogen-bond donors (Lipinski definition) is 3. The zero-order valence-electron chi connectivity index (χ0n) is 62.8. The van der Waals surface area contributed by atoms with Crippen molar-refractivity contribution in [3.05, 3.63) is 0 Å². The second-order valence-electron chi connectivity index (χ2n) is 29.2. The van der Waals surface area contributed by atoms with Crippen LogP contribution in [0.1, 0.15) is 395 Å². The van der Waals surface area contributed by atoms with Gasteiger partial charge in [-0.15, -0.1) is 0 Å². The fourth-order valence-electron chi connectivity index (χ4n) is 11.8. The Morgan fingerprint density at radius 1 is 0.281 bits per heavy atom. The summed E-state index contributed by atoms with van der Waals surface area (Å²) in [5.41, 5.74) is 0. The maximum atomic E-state index is 13.1. The normalized spacial score (nSPS) is 14.1. The highest BCUT2D eigenvalue weighted by Gasteiger charge is 2.30. The lowest BCUT2D eigenvalue weighted by Crippen LogP contribution is -2.30. The predicted octanol–water partition coefficient (Wildman–Crippen LogP) is 22.6. The van der Waals surface area contributed by atoms with Gasteiger partial charge in [-0.25, -0.2) is 9.13 Å². The van der Waals surface area contributed by atoms with Crippen LogP contribution in [-0.4, -0.2) is 96.7 Å². The van der Waals surface area contributed by atoms with E-state index in [1.165, 1.54) is 205 Å². The molecule has 0 aliphatic rings. The number of unbranched alkanes of at least 4 members (excludes halogenated alkanes) is 43. The van der Waals surface area contributed by atoms with Crippen molar-refractivity contribution in [1.29, 1.82) is 0 Å². The van der Waals surface area contributed by atoms with E-state index in [1.807, 2.05) is 0 Å². The van der Waals surface area contributed by atoms with Crippen molar-refractivity contribution in [3.63, 3.8) is 0 Å². The Morgan fingerprint density at radius 2 is 0.479 bits per heavy atom. The van der Waals surface area contributed by atoms with E-state index in [-0.39, 0.29) is 25.7 Å². The van der Waals surface area contributed by atoms with E-state index in [9.17, 15) is 43.2 Å². The van der Waals surface area contributed by atoms with Crippen LogP contribution in [0, 0.1) is 17.8 Å². The zero-order chi connectivity index (χ0) is 70.9. The maximum Gasteiger partial charge on any atom is 0.472 e. The lowest BCUT2D eigenvalue weighted by molar-refractivity contribution is -0.161. The van der Waals surface area contributed by atoms with Gasteiger partial charge in [0.25, 0.3) is 0 Å². The molecule has 19 heteroatoms. The first kappa shape index (κ1) is 94.1. The number of aliphatic hydroxyl groups excluding tert-OH is 1. The fraction of sp³-hybridized carbons (Fsp3) is 0.948. The van der Waals surface area contributed by atoms with Crippen LogP contribution in [-0.2, 0) is 65.4 Å². The van der Waals surface area contributed by atoms with E-state index >= 15 is 0 Å². The largest absolute Gasteiger partial charge is 0.472 e. The van der Waals surface area contributed by atoms with Crippen LogP contribution in [0.15, 0.2) is 0 Å². The van der Waals surface area contributed by atoms with E-state index < -0.39 is 97.5 Å². The van der Waals surface area contributed by atoms with Gasteiger partial charge in [-0.05, 0) is 43.4 Å².